The summed E-state index contributed by atoms with van der Waals surface area (Å²) in [6, 6.07) is 0. The highest BCUT2D eigenvalue weighted by molar-refractivity contribution is 6.55. The van der Waals surface area contributed by atoms with Gasteiger partial charge in [-0.3, -0.25) is 4.79 Å². The van der Waals surface area contributed by atoms with Crippen molar-refractivity contribution in [3.8, 4) is 0 Å². The number of hydrogen-bond donors (Lipinski definition) is 0. The molecule has 1 fully saturated rings. The maximum atomic E-state index is 10.6. The Hall–Kier alpha value is -0.0100. The number of ketones is 1. The monoisotopic (exact) mass is 164 g/mol. The Labute approximate surface area is 63.6 Å². The summed E-state index contributed by atoms with van der Waals surface area (Å²) in [5.74, 6) is 0.254. The first kappa shape index (κ1) is 7.10. The highest BCUT2D eigenvalue weighted by Gasteiger charge is 2.25. The number of Topliss-reactive ketones (excluding diaryl/α,β-unsaturated/α-hetero) is 1. The maximum Gasteiger partial charge on any atom is 0.139 e. The van der Waals surface area contributed by atoms with Crippen LogP contribution in [0.1, 0.15) is 12.8 Å². The Kier molecular flexibility index (Phi) is 2.14. The molecule has 0 amide bonds. The van der Waals surface area contributed by atoms with Crippen molar-refractivity contribution in [2.24, 2.45) is 5.92 Å². The number of carbonyl (C=O) groups is 1. The fraction of sp³-hybridized carbons (Fsp3) is 0.500. The number of halogens is 2. The van der Waals surface area contributed by atoms with Crippen molar-refractivity contribution in [2.45, 2.75) is 12.8 Å². The molecule has 0 bridgehead atoms. The number of rotatable bonds is 1. The first-order valence-electron chi connectivity index (χ1n) is 2.75. The zero-order valence-corrected chi connectivity index (χ0v) is 6.24. The van der Waals surface area contributed by atoms with Crippen molar-refractivity contribution < 1.29 is 4.79 Å². The predicted octanol–water partition coefficient (Wildman–Crippen LogP) is 2.28. The summed E-state index contributed by atoms with van der Waals surface area (Å²) in [6.07, 6.45) is 3.18. The van der Waals surface area contributed by atoms with E-state index in [2.05, 4.69) is 0 Å². The van der Waals surface area contributed by atoms with E-state index in [1.165, 1.54) is 0 Å². The Morgan fingerprint density at radius 2 is 2.33 bits per heavy atom. The van der Waals surface area contributed by atoms with E-state index in [0.29, 0.717) is 6.42 Å². The normalized spacial score (nSPS) is 25.1. The van der Waals surface area contributed by atoms with Gasteiger partial charge in [0, 0.05) is 12.3 Å². The molecule has 1 aliphatic carbocycles. The number of allylic oxidation sites excluding steroid dienone is 1. The molecule has 0 aromatic carbocycles. The van der Waals surface area contributed by atoms with Crippen molar-refractivity contribution in [3.63, 3.8) is 0 Å². The van der Waals surface area contributed by atoms with Crippen LogP contribution in [0.3, 0.4) is 0 Å². The lowest BCUT2D eigenvalue weighted by molar-refractivity contribution is -0.127. The summed E-state index contributed by atoms with van der Waals surface area (Å²) in [4.78, 5) is 10.6. The van der Waals surface area contributed by atoms with E-state index in [9.17, 15) is 4.79 Å². The van der Waals surface area contributed by atoms with Gasteiger partial charge in [0.15, 0.2) is 0 Å². The first-order chi connectivity index (χ1) is 4.20. The van der Waals surface area contributed by atoms with Crippen LogP contribution in [0.15, 0.2) is 10.6 Å². The lowest BCUT2D eigenvalue weighted by atomic mass is 9.84. The highest BCUT2D eigenvalue weighted by Crippen LogP contribution is 2.26. The lowest BCUT2D eigenvalue weighted by Crippen LogP contribution is -2.23. The van der Waals surface area contributed by atoms with Gasteiger partial charge < -0.3 is 0 Å². The van der Waals surface area contributed by atoms with Crippen molar-refractivity contribution in [3.05, 3.63) is 10.6 Å². The molecule has 3 heteroatoms. The van der Waals surface area contributed by atoms with Gasteiger partial charge in [-0.1, -0.05) is 23.2 Å². The third-order valence-corrected chi connectivity index (χ3v) is 1.69. The van der Waals surface area contributed by atoms with Crippen LogP contribution >= 0.6 is 23.2 Å². The molecule has 0 spiro atoms. The van der Waals surface area contributed by atoms with E-state index in [0.717, 1.165) is 6.42 Å². The number of carbonyl (C=O) groups excluding carboxylic acids is 1. The Balaban J connectivity index is 2.46. The van der Waals surface area contributed by atoms with Gasteiger partial charge in [0.05, 0.1) is 0 Å². The topological polar surface area (TPSA) is 17.1 Å². The van der Waals surface area contributed by atoms with Crippen LogP contribution in [0.4, 0.5) is 0 Å². The summed E-state index contributed by atoms with van der Waals surface area (Å²) in [6.45, 7) is 0. The molecule has 1 nitrogen and oxygen atoms in total. The predicted molar refractivity (Wildman–Crippen MR) is 37.5 cm³/mol. The minimum absolute atomic E-state index is 0.00926. The van der Waals surface area contributed by atoms with Crippen LogP contribution in [0.25, 0.3) is 0 Å². The van der Waals surface area contributed by atoms with Crippen molar-refractivity contribution >= 4 is 29.0 Å². The van der Waals surface area contributed by atoms with Gasteiger partial charge in [0.25, 0.3) is 0 Å². The van der Waals surface area contributed by atoms with Gasteiger partial charge in [0.1, 0.15) is 10.3 Å². The molecular formula is C6H6Cl2O. The third-order valence-electron chi connectivity index (χ3n) is 1.44. The summed E-state index contributed by atoms with van der Waals surface area (Å²) >= 11 is 10.6. The molecule has 9 heavy (non-hydrogen) atoms. The fourth-order valence-electron chi connectivity index (χ4n) is 0.757. The van der Waals surface area contributed by atoms with Gasteiger partial charge in [-0.05, 0) is 12.5 Å². The first-order valence-corrected chi connectivity index (χ1v) is 3.51. The van der Waals surface area contributed by atoms with Gasteiger partial charge in [-0.15, -0.1) is 0 Å². The molecular weight excluding hydrogens is 159 g/mol. The smallest absolute Gasteiger partial charge is 0.139 e. The summed E-state index contributed by atoms with van der Waals surface area (Å²) in [5.41, 5.74) is 0. The van der Waals surface area contributed by atoms with Crippen LogP contribution in [0.2, 0.25) is 0 Å². The van der Waals surface area contributed by atoms with Crippen molar-refractivity contribution in [1.82, 2.24) is 0 Å². The van der Waals surface area contributed by atoms with Crippen molar-refractivity contribution in [2.75, 3.05) is 0 Å². The van der Waals surface area contributed by atoms with E-state index >= 15 is 0 Å². The van der Waals surface area contributed by atoms with E-state index in [-0.39, 0.29) is 16.2 Å². The van der Waals surface area contributed by atoms with Gasteiger partial charge >= 0.3 is 0 Å². The molecule has 0 aromatic heterocycles. The molecule has 0 radical (unpaired) electrons. The average molecular weight is 165 g/mol. The maximum absolute atomic E-state index is 10.6. The second-order valence-electron chi connectivity index (χ2n) is 2.07. The Morgan fingerprint density at radius 1 is 1.67 bits per heavy atom. The van der Waals surface area contributed by atoms with Crippen LogP contribution in [0.5, 0.6) is 0 Å². The quantitative estimate of drug-likeness (QED) is 0.582. The largest absolute Gasteiger partial charge is 0.299 e. The molecule has 0 aromatic rings. The molecule has 1 unspecified atom stereocenters. The summed E-state index contributed by atoms with van der Waals surface area (Å²) in [7, 11) is 0. The zero-order valence-electron chi connectivity index (χ0n) is 4.73. The second-order valence-corrected chi connectivity index (χ2v) is 3.08. The van der Waals surface area contributed by atoms with Gasteiger partial charge in [-0.2, -0.15) is 0 Å². The molecule has 0 heterocycles. The molecule has 1 rings (SSSR count). The molecule has 1 saturated carbocycles. The summed E-state index contributed by atoms with van der Waals surface area (Å²) in [5, 5.41) is 0. The zero-order chi connectivity index (χ0) is 6.85. The fourth-order valence-corrected chi connectivity index (χ4v) is 1.06. The molecule has 1 atom stereocenters. The van der Waals surface area contributed by atoms with E-state index in [1.54, 1.807) is 6.08 Å². The Bertz CT molecular complexity index is 158. The molecule has 50 valence electrons. The van der Waals surface area contributed by atoms with Crippen LogP contribution in [0, 0.1) is 5.92 Å². The molecule has 0 N–H and O–H groups in total. The van der Waals surface area contributed by atoms with E-state index < -0.39 is 0 Å². The van der Waals surface area contributed by atoms with Crippen molar-refractivity contribution in [1.29, 1.82) is 0 Å². The van der Waals surface area contributed by atoms with E-state index in [4.69, 9.17) is 23.2 Å². The minimum Gasteiger partial charge on any atom is -0.299 e. The van der Waals surface area contributed by atoms with Crippen LogP contribution in [-0.2, 0) is 4.79 Å². The molecule has 1 aliphatic rings. The Morgan fingerprint density at radius 3 is 2.44 bits per heavy atom. The van der Waals surface area contributed by atoms with Crippen LogP contribution < -0.4 is 0 Å². The lowest BCUT2D eigenvalue weighted by Gasteiger charge is -2.19. The standard InChI is InChI=1S/C6H6Cl2O/c7-6(8)3-4-1-2-5(4)9/h3-4H,1-2H2. The SMILES string of the molecule is O=C1CCC1C=C(Cl)Cl. The highest BCUT2D eigenvalue weighted by atomic mass is 35.5. The molecule has 0 saturated heterocycles. The molecule has 0 aliphatic heterocycles. The summed E-state index contributed by atoms with van der Waals surface area (Å²) < 4.78 is 0.202. The van der Waals surface area contributed by atoms with Gasteiger partial charge in [-0.25, -0.2) is 0 Å². The third kappa shape index (κ3) is 1.70. The van der Waals surface area contributed by atoms with Gasteiger partial charge in [0.2, 0.25) is 0 Å². The number of hydrogen-bond acceptors (Lipinski definition) is 1. The second kappa shape index (κ2) is 2.72. The average Bonchev–Trinajstić information content (AvgIpc) is 1.79. The van der Waals surface area contributed by atoms with Crippen LogP contribution in [-0.4, -0.2) is 5.78 Å². The minimum atomic E-state index is 0.00926. The van der Waals surface area contributed by atoms with E-state index in [1.807, 2.05) is 0 Å².